The number of alkyl carbamates (subject to hydrolysis) is 1. The average molecular weight is 501 g/mol. The molecule has 0 saturated heterocycles. The smallest absolute Gasteiger partial charge is 0.407 e. The topological polar surface area (TPSA) is 117 Å². The number of nitrogens with two attached hydrogens (primary N) is 1. The molecule has 1 fully saturated rings. The highest BCUT2D eigenvalue weighted by atomic mass is 16.6. The maximum Gasteiger partial charge on any atom is 0.407 e. The normalized spacial score (nSPS) is 17.9. The van der Waals surface area contributed by atoms with Gasteiger partial charge in [-0.2, -0.15) is 5.10 Å². The highest BCUT2D eigenvalue weighted by Gasteiger charge is 2.28. The third-order valence-corrected chi connectivity index (χ3v) is 6.39. The summed E-state index contributed by atoms with van der Waals surface area (Å²) in [7, 11) is 0. The van der Waals surface area contributed by atoms with Crippen molar-refractivity contribution in [1.29, 1.82) is 0 Å². The number of nitrogens with zero attached hydrogens (tertiary/aromatic N) is 4. The molecule has 5 rings (SSSR count). The van der Waals surface area contributed by atoms with Crippen LogP contribution in [0.2, 0.25) is 0 Å². The molecule has 2 aromatic carbocycles. The minimum absolute atomic E-state index is 0.0734. The number of para-hydroxylation sites is 1. The predicted molar refractivity (Wildman–Crippen MR) is 142 cm³/mol. The summed E-state index contributed by atoms with van der Waals surface area (Å²) in [5, 5.41) is 8.72. The van der Waals surface area contributed by atoms with E-state index in [1.165, 1.54) is 6.33 Å². The van der Waals surface area contributed by atoms with Crippen molar-refractivity contribution in [1.82, 2.24) is 25.1 Å². The van der Waals surface area contributed by atoms with E-state index in [2.05, 4.69) is 15.3 Å². The van der Waals surface area contributed by atoms with E-state index in [9.17, 15) is 4.79 Å². The maximum atomic E-state index is 12.2. The SMILES string of the molecule is CC(C)(C)OC(=O)NC1CCC(n2nc(-c3ccc(Oc4ccccc4)cc3)c3c(N)ncnc32)CC1. The van der Waals surface area contributed by atoms with Crippen LogP contribution in [0.5, 0.6) is 11.5 Å². The number of fused-ring (bicyclic) bond motifs is 1. The molecule has 0 spiro atoms. The van der Waals surface area contributed by atoms with Gasteiger partial charge in [-0.1, -0.05) is 18.2 Å². The molecule has 1 aliphatic carbocycles. The second-order valence-electron chi connectivity index (χ2n) is 10.3. The molecule has 0 atom stereocenters. The van der Waals surface area contributed by atoms with E-state index in [0.717, 1.165) is 59.5 Å². The number of nitrogens with one attached hydrogen (secondary N) is 1. The molecule has 37 heavy (non-hydrogen) atoms. The molecule has 2 heterocycles. The zero-order valence-corrected chi connectivity index (χ0v) is 21.3. The summed E-state index contributed by atoms with van der Waals surface area (Å²) in [5.74, 6) is 1.91. The van der Waals surface area contributed by atoms with Crippen LogP contribution in [-0.2, 0) is 4.74 Å². The van der Waals surface area contributed by atoms with Crippen molar-refractivity contribution in [3.8, 4) is 22.8 Å². The molecule has 3 N–H and O–H groups in total. The quantitative estimate of drug-likeness (QED) is 0.351. The monoisotopic (exact) mass is 500 g/mol. The van der Waals surface area contributed by atoms with Gasteiger partial charge in [-0.25, -0.2) is 19.4 Å². The van der Waals surface area contributed by atoms with Crippen LogP contribution in [0.4, 0.5) is 10.6 Å². The second-order valence-corrected chi connectivity index (χ2v) is 10.3. The van der Waals surface area contributed by atoms with Gasteiger partial charge in [0.15, 0.2) is 5.65 Å². The Labute approximate surface area is 216 Å². The van der Waals surface area contributed by atoms with Gasteiger partial charge in [0.25, 0.3) is 0 Å². The first-order valence-corrected chi connectivity index (χ1v) is 12.6. The third kappa shape index (κ3) is 5.66. The highest BCUT2D eigenvalue weighted by Crippen LogP contribution is 2.36. The summed E-state index contributed by atoms with van der Waals surface area (Å²) in [6.07, 6.45) is 4.46. The van der Waals surface area contributed by atoms with Crippen LogP contribution >= 0.6 is 0 Å². The molecule has 2 aromatic heterocycles. The molecule has 9 heteroatoms. The molecule has 4 aromatic rings. The molecular weight excluding hydrogens is 468 g/mol. The van der Waals surface area contributed by atoms with Crippen LogP contribution in [-0.4, -0.2) is 37.5 Å². The van der Waals surface area contributed by atoms with Gasteiger partial charge >= 0.3 is 6.09 Å². The number of aromatic nitrogens is 4. The Morgan fingerprint density at radius 3 is 2.32 bits per heavy atom. The Balaban J connectivity index is 1.35. The van der Waals surface area contributed by atoms with Crippen molar-refractivity contribution in [2.45, 2.75) is 64.1 Å². The molecule has 0 unspecified atom stereocenters. The van der Waals surface area contributed by atoms with E-state index in [4.69, 9.17) is 20.3 Å². The van der Waals surface area contributed by atoms with E-state index < -0.39 is 5.60 Å². The molecule has 1 amide bonds. The molecule has 0 bridgehead atoms. The van der Waals surface area contributed by atoms with Crippen molar-refractivity contribution in [3.63, 3.8) is 0 Å². The van der Waals surface area contributed by atoms with E-state index in [-0.39, 0.29) is 18.2 Å². The Kier molecular flexibility index (Phi) is 6.69. The number of carbonyl (C=O) groups is 1. The summed E-state index contributed by atoms with van der Waals surface area (Å²) in [4.78, 5) is 21.0. The van der Waals surface area contributed by atoms with E-state index in [1.54, 1.807) is 0 Å². The summed E-state index contributed by atoms with van der Waals surface area (Å²) < 4.78 is 13.3. The number of benzene rings is 2. The average Bonchev–Trinajstić information content (AvgIpc) is 3.25. The minimum Gasteiger partial charge on any atom is -0.457 e. The fraction of sp³-hybridized carbons (Fsp3) is 0.357. The summed E-state index contributed by atoms with van der Waals surface area (Å²) in [6, 6.07) is 17.6. The Hall–Kier alpha value is -4.14. The van der Waals surface area contributed by atoms with E-state index in [1.807, 2.05) is 80.1 Å². The van der Waals surface area contributed by atoms with Crippen molar-refractivity contribution in [2.75, 3.05) is 5.73 Å². The van der Waals surface area contributed by atoms with Gasteiger partial charge in [-0.15, -0.1) is 0 Å². The molecule has 1 saturated carbocycles. The first-order valence-electron chi connectivity index (χ1n) is 12.6. The predicted octanol–water partition coefficient (Wildman–Crippen LogP) is 5.88. The number of hydrogen-bond donors (Lipinski definition) is 2. The highest BCUT2D eigenvalue weighted by molar-refractivity contribution is 5.98. The first-order chi connectivity index (χ1) is 17.8. The van der Waals surface area contributed by atoms with Gasteiger partial charge in [0.05, 0.1) is 11.4 Å². The van der Waals surface area contributed by atoms with E-state index in [0.29, 0.717) is 5.82 Å². The molecule has 9 nitrogen and oxygen atoms in total. The van der Waals surface area contributed by atoms with Gasteiger partial charge in [-0.3, -0.25) is 0 Å². The van der Waals surface area contributed by atoms with Crippen molar-refractivity contribution < 1.29 is 14.3 Å². The Morgan fingerprint density at radius 1 is 0.973 bits per heavy atom. The number of anilines is 1. The number of carbonyl (C=O) groups excluding carboxylic acids is 1. The second kappa shape index (κ2) is 10.1. The third-order valence-electron chi connectivity index (χ3n) is 6.39. The standard InChI is InChI=1S/C28H32N6O3/c1-28(2,3)37-27(35)32-19-11-13-20(14-12-19)34-26-23(25(29)30-17-31-26)24(33-34)18-9-15-22(16-10-18)36-21-7-5-4-6-8-21/h4-10,15-17,19-20H,11-14H2,1-3H3,(H,32,35)(H2,29,30,31). The van der Waals surface area contributed by atoms with Crippen LogP contribution in [0.25, 0.3) is 22.3 Å². The van der Waals surface area contributed by atoms with Gasteiger partial charge in [0.2, 0.25) is 0 Å². The molecular formula is C28H32N6O3. The van der Waals surface area contributed by atoms with Gasteiger partial charge in [0, 0.05) is 11.6 Å². The summed E-state index contributed by atoms with van der Waals surface area (Å²) >= 11 is 0. The van der Waals surface area contributed by atoms with Gasteiger partial charge < -0.3 is 20.5 Å². The van der Waals surface area contributed by atoms with Gasteiger partial charge in [-0.05, 0) is 82.9 Å². The number of ether oxygens (including phenoxy) is 2. The van der Waals surface area contributed by atoms with Crippen LogP contribution in [0, 0.1) is 0 Å². The van der Waals surface area contributed by atoms with Crippen LogP contribution in [0.15, 0.2) is 60.9 Å². The number of hydrogen-bond acceptors (Lipinski definition) is 7. The van der Waals surface area contributed by atoms with Gasteiger partial charge in [0.1, 0.15) is 34.9 Å². The lowest BCUT2D eigenvalue weighted by Crippen LogP contribution is -2.41. The summed E-state index contributed by atoms with van der Waals surface area (Å²) in [6.45, 7) is 5.59. The van der Waals surface area contributed by atoms with Crippen LogP contribution < -0.4 is 15.8 Å². The Bertz CT molecular complexity index is 1370. The zero-order valence-electron chi connectivity index (χ0n) is 21.3. The lowest BCUT2D eigenvalue weighted by atomic mass is 9.91. The molecule has 0 aliphatic heterocycles. The minimum atomic E-state index is -0.517. The number of amides is 1. The fourth-order valence-corrected chi connectivity index (χ4v) is 4.70. The zero-order chi connectivity index (χ0) is 26.0. The Morgan fingerprint density at radius 2 is 1.65 bits per heavy atom. The lowest BCUT2D eigenvalue weighted by Gasteiger charge is -2.30. The number of rotatable bonds is 5. The number of nitrogen functional groups attached to an aromatic ring is 1. The fourth-order valence-electron chi connectivity index (χ4n) is 4.70. The van der Waals surface area contributed by atoms with Crippen LogP contribution in [0.1, 0.15) is 52.5 Å². The van der Waals surface area contributed by atoms with Crippen molar-refractivity contribution in [3.05, 3.63) is 60.9 Å². The van der Waals surface area contributed by atoms with Crippen LogP contribution in [0.3, 0.4) is 0 Å². The van der Waals surface area contributed by atoms with Crippen molar-refractivity contribution in [2.24, 2.45) is 0 Å². The molecule has 192 valence electrons. The van der Waals surface area contributed by atoms with Crippen molar-refractivity contribution >= 4 is 22.9 Å². The maximum absolute atomic E-state index is 12.2. The molecule has 0 radical (unpaired) electrons. The lowest BCUT2D eigenvalue weighted by molar-refractivity contribution is 0.0487. The largest absolute Gasteiger partial charge is 0.457 e. The summed E-state index contributed by atoms with van der Waals surface area (Å²) in [5.41, 5.74) is 8.16. The first kappa shape index (κ1) is 24.5. The molecule has 1 aliphatic rings. The van der Waals surface area contributed by atoms with E-state index >= 15 is 0 Å².